The predicted octanol–water partition coefficient (Wildman–Crippen LogP) is 4.22. The van der Waals surface area contributed by atoms with E-state index in [2.05, 4.69) is 0 Å². The Labute approximate surface area is 211 Å². The van der Waals surface area contributed by atoms with Crippen molar-refractivity contribution in [3.05, 3.63) is 63.7 Å². The van der Waals surface area contributed by atoms with Crippen LogP contribution in [0.1, 0.15) is 50.2 Å². The maximum absolute atomic E-state index is 13.5. The molecule has 0 unspecified atom stereocenters. The number of fused-ring (bicyclic) bond motifs is 2. The molecule has 36 heavy (non-hydrogen) atoms. The third-order valence-corrected chi connectivity index (χ3v) is 9.47. The van der Waals surface area contributed by atoms with Gasteiger partial charge in [0.15, 0.2) is 5.75 Å². The molecule has 2 aliphatic rings. The molecule has 0 spiro atoms. The average Bonchev–Trinajstić information content (AvgIpc) is 3.16. The number of methoxy groups -OCH3 is 2. The maximum atomic E-state index is 13.5. The third-order valence-electron chi connectivity index (χ3n) is 8.19. The van der Waals surface area contributed by atoms with E-state index in [1.165, 1.54) is 26.4 Å². The summed E-state index contributed by atoms with van der Waals surface area (Å²) in [6, 6.07) is 11.7. The van der Waals surface area contributed by atoms with E-state index in [-0.39, 0.29) is 34.5 Å². The van der Waals surface area contributed by atoms with Crippen molar-refractivity contribution in [3.8, 4) is 17.2 Å². The quantitative estimate of drug-likeness (QED) is 0.261. The number of carbonyl (C=O) groups is 1. The molecule has 0 aromatic heterocycles. The van der Waals surface area contributed by atoms with Gasteiger partial charge in [-0.15, -0.1) is 0 Å². The first kappa shape index (κ1) is 25.9. The minimum absolute atomic E-state index is 0.0464. The fourth-order valence-electron chi connectivity index (χ4n) is 6.05. The highest BCUT2D eigenvalue weighted by Gasteiger charge is 2.65. The van der Waals surface area contributed by atoms with Crippen LogP contribution in [0.2, 0.25) is 0 Å². The van der Waals surface area contributed by atoms with Crippen LogP contribution in [0.3, 0.4) is 0 Å². The second-order valence-corrected chi connectivity index (χ2v) is 11.7. The topological polar surface area (TPSA) is 122 Å². The van der Waals surface area contributed by atoms with Crippen LogP contribution < -0.4 is 13.7 Å². The standard InChI is InChI=1S/C26H31NO8S/c1-25(2)18-10-11-26(25,23(28)12-18)16-36(31,32)35-22-14-19(33-3)13-21(34-4)24(22)20(15-27(29)30)17-8-6-5-7-9-17/h5-9,13-14,18,20H,10-12,15-16H2,1-4H3/t18-,20-,26-/m1/s1. The van der Waals surface area contributed by atoms with Gasteiger partial charge in [-0.05, 0) is 29.7 Å². The number of nitro groups is 1. The molecule has 0 saturated heterocycles. The Bertz CT molecular complexity index is 1270. The number of hydrogen-bond acceptors (Lipinski definition) is 8. The fourth-order valence-corrected chi connectivity index (χ4v) is 7.80. The molecule has 0 amide bonds. The predicted molar refractivity (Wildman–Crippen MR) is 133 cm³/mol. The van der Waals surface area contributed by atoms with Crippen molar-refractivity contribution in [3.63, 3.8) is 0 Å². The van der Waals surface area contributed by atoms with Crippen molar-refractivity contribution in [1.82, 2.24) is 0 Å². The summed E-state index contributed by atoms with van der Waals surface area (Å²) in [4.78, 5) is 24.1. The number of hydrogen-bond donors (Lipinski definition) is 0. The normalized spacial score (nSPS) is 23.3. The summed E-state index contributed by atoms with van der Waals surface area (Å²) >= 11 is 0. The summed E-state index contributed by atoms with van der Waals surface area (Å²) in [7, 11) is -1.48. The molecule has 194 valence electrons. The van der Waals surface area contributed by atoms with Gasteiger partial charge in [-0.1, -0.05) is 44.2 Å². The number of ether oxygens (including phenoxy) is 2. The van der Waals surface area contributed by atoms with Crippen LogP contribution >= 0.6 is 0 Å². The Morgan fingerprint density at radius 3 is 2.31 bits per heavy atom. The Morgan fingerprint density at radius 2 is 1.78 bits per heavy atom. The largest absolute Gasteiger partial charge is 0.496 e. The number of rotatable bonds is 10. The Hall–Kier alpha value is -3.14. The van der Waals surface area contributed by atoms with Gasteiger partial charge in [0.2, 0.25) is 6.54 Å². The van der Waals surface area contributed by atoms with Crippen molar-refractivity contribution in [2.24, 2.45) is 16.7 Å². The first-order chi connectivity index (χ1) is 16.9. The smallest absolute Gasteiger partial charge is 0.310 e. The molecule has 2 fully saturated rings. The van der Waals surface area contributed by atoms with E-state index >= 15 is 0 Å². The van der Waals surface area contributed by atoms with Gasteiger partial charge in [-0.25, -0.2) is 0 Å². The molecular formula is C26H31NO8S. The molecular weight excluding hydrogens is 486 g/mol. The van der Waals surface area contributed by atoms with Crippen LogP contribution in [0, 0.1) is 26.9 Å². The molecule has 0 radical (unpaired) electrons. The Kier molecular flexibility index (Phi) is 6.76. The van der Waals surface area contributed by atoms with Crippen molar-refractivity contribution in [2.75, 3.05) is 26.5 Å². The van der Waals surface area contributed by atoms with Crippen molar-refractivity contribution in [2.45, 2.75) is 39.0 Å². The first-order valence-electron chi connectivity index (χ1n) is 11.8. The highest BCUT2D eigenvalue weighted by atomic mass is 32.2. The van der Waals surface area contributed by atoms with E-state index in [1.807, 2.05) is 13.8 Å². The first-order valence-corrected chi connectivity index (χ1v) is 13.4. The van der Waals surface area contributed by atoms with Crippen LogP contribution in [-0.4, -0.2) is 45.6 Å². The summed E-state index contributed by atoms with van der Waals surface area (Å²) in [5.74, 6) is -0.851. The van der Waals surface area contributed by atoms with E-state index in [4.69, 9.17) is 13.7 Å². The zero-order chi connectivity index (χ0) is 26.3. The SMILES string of the molecule is COc1cc(OC)c([C@H](C[N+](=O)[O-])c2ccccc2)c(OS(=O)(=O)C[C@]23CC[C@H](CC2=O)C3(C)C)c1. The lowest BCUT2D eigenvalue weighted by molar-refractivity contribution is -0.481. The zero-order valence-electron chi connectivity index (χ0n) is 20.9. The molecule has 4 rings (SSSR count). The second-order valence-electron chi connectivity index (χ2n) is 10.2. The molecule has 2 bridgehead atoms. The second kappa shape index (κ2) is 9.38. The number of benzene rings is 2. The highest BCUT2D eigenvalue weighted by Crippen LogP contribution is 2.64. The van der Waals surface area contributed by atoms with Gasteiger partial charge in [-0.2, -0.15) is 8.42 Å². The van der Waals surface area contributed by atoms with Crippen LogP contribution in [0.5, 0.6) is 17.2 Å². The molecule has 10 heteroatoms. The van der Waals surface area contributed by atoms with E-state index in [0.717, 1.165) is 6.42 Å². The molecule has 2 saturated carbocycles. The monoisotopic (exact) mass is 517 g/mol. The van der Waals surface area contributed by atoms with Crippen LogP contribution in [-0.2, 0) is 14.9 Å². The number of carbonyl (C=O) groups excluding carboxylic acids is 1. The van der Waals surface area contributed by atoms with Crippen molar-refractivity contribution in [1.29, 1.82) is 0 Å². The van der Waals surface area contributed by atoms with Gasteiger partial charge in [0, 0.05) is 23.5 Å². The van der Waals surface area contributed by atoms with Crippen LogP contribution in [0.4, 0.5) is 0 Å². The fraction of sp³-hybridized carbons (Fsp3) is 0.500. The molecule has 0 heterocycles. The Morgan fingerprint density at radius 1 is 1.11 bits per heavy atom. The van der Waals surface area contributed by atoms with Crippen LogP contribution in [0.25, 0.3) is 0 Å². The molecule has 2 aromatic carbocycles. The Balaban J connectivity index is 1.80. The van der Waals surface area contributed by atoms with Gasteiger partial charge < -0.3 is 13.7 Å². The lowest BCUT2D eigenvalue weighted by atomic mass is 9.70. The zero-order valence-corrected chi connectivity index (χ0v) is 21.7. The number of Topliss-reactive ketones (excluding diaryl/α,β-unsaturated/α-hetero) is 1. The van der Waals surface area contributed by atoms with Gasteiger partial charge in [0.1, 0.15) is 17.3 Å². The molecule has 9 nitrogen and oxygen atoms in total. The summed E-state index contributed by atoms with van der Waals surface area (Å²) < 4.78 is 43.6. The van der Waals surface area contributed by atoms with E-state index < -0.39 is 44.1 Å². The molecule has 0 N–H and O–H groups in total. The van der Waals surface area contributed by atoms with Gasteiger partial charge in [0.25, 0.3) is 0 Å². The lowest BCUT2D eigenvalue weighted by Gasteiger charge is -2.35. The van der Waals surface area contributed by atoms with Crippen LogP contribution in [0.15, 0.2) is 42.5 Å². The van der Waals surface area contributed by atoms with E-state index in [0.29, 0.717) is 18.4 Å². The summed E-state index contributed by atoms with van der Waals surface area (Å²) in [6.45, 7) is 3.39. The lowest BCUT2D eigenvalue weighted by Crippen LogP contribution is -2.43. The minimum Gasteiger partial charge on any atom is -0.496 e. The van der Waals surface area contributed by atoms with Gasteiger partial charge in [0.05, 0.1) is 36.9 Å². The average molecular weight is 518 g/mol. The van der Waals surface area contributed by atoms with E-state index in [1.54, 1.807) is 30.3 Å². The number of ketones is 1. The minimum atomic E-state index is -4.28. The van der Waals surface area contributed by atoms with Crippen molar-refractivity contribution >= 4 is 15.9 Å². The third kappa shape index (κ3) is 4.42. The summed E-state index contributed by atoms with van der Waals surface area (Å²) in [5.41, 5.74) is -0.653. The number of nitrogens with zero attached hydrogens (tertiary/aromatic N) is 1. The van der Waals surface area contributed by atoms with Gasteiger partial charge >= 0.3 is 10.1 Å². The van der Waals surface area contributed by atoms with E-state index in [9.17, 15) is 23.3 Å². The van der Waals surface area contributed by atoms with Gasteiger partial charge in [-0.3, -0.25) is 14.9 Å². The summed E-state index contributed by atoms with van der Waals surface area (Å²) in [5, 5.41) is 11.6. The molecule has 3 atom stereocenters. The van der Waals surface area contributed by atoms with Crippen molar-refractivity contribution < 1.29 is 31.8 Å². The molecule has 2 aromatic rings. The molecule has 2 aliphatic carbocycles. The maximum Gasteiger partial charge on any atom is 0.310 e. The summed E-state index contributed by atoms with van der Waals surface area (Å²) in [6.07, 6.45) is 1.67. The molecule has 0 aliphatic heterocycles. The highest BCUT2D eigenvalue weighted by molar-refractivity contribution is 7.87.